The first-order chi connectivity index (χ1) is 8.45. The van der Waals surface area contributed by atoms with Crippen molar-refractivity contribution in [2.24, 2.45) is 0 Å². The van der Waals surface area contributed by atoms with Gasteiger partial charge in [0.05, 0.1) is 12.1 Å². The lowest BCUT2D eigenvalue weighted by Crippen LogP contribution is -2.37. The van der Waals surface area contributed by atoms with Gasteiger partial charge in [0.2, 0.25) is 5.91 Å². The molecular weight excluding hydrogens is 238 g/mol. The molecule has 1 heterocycles. The first kappa shape index (κ1) is 13.6. The number of likely N-dealkylation sites (N-methyl/N-ethyl adjacent to an activating group) is 2. The first-order valence-corrected chi connectivity index (χ1v) is 5.11. The van der Waals surface area contributed by atoms with Crippen LogP contribution in [0.25, 0.3) is 0 Å². The Morgan fingerprint density at radius 2 is 2.06 bits per heavy atom. The summed E-state index contributed by atoms with van der Waals surface area (Å²) >= 11 is 0. The molecule has 2 N–H and O–H groups in total. The van der Waals surface area contributed by atoms with E-state index in [1.807, 2.05) is 0 Å². The van der Waals surface area contributed by atoms with E-state index >= 15 is 0 Å². The molecule has 0 aromatic carbocycles. The molecule has 1 aromatic heterocycles. The zero-order chi connectivity index (χ0) is 13.7. The van der Waals surface area contributed by atoms with Crippen LogP contribution in [0.1, 0.15) is 20.8 Å². The van der Waals surface area contributed by atoms with Crippen molar-refractivity contribution in [3.05, 3.63) is 29.6 Å². The van der Waals surface area contributed by atoms with Crippen LogP contribution in [0.5, 0.6) is 0 Å². The number of carbonyl (C=O) groups is 3. The molecule has 0 saturated carbocycles. The molecule has 1 aromatic rings. The van der Waals surface area contributed by atoms with Crippen molar-refractivity contribution in [3.63, 3.8) is 0 Å². The summed E-state index contributed by atoms with van der Waals surface area (Å²) in [5, 5.41) is 11.1. The minimum atomic E-state index is -1.11. The summed E-state index contributed by atoms with van der Waals surface area (Å²) in [6.07, 6.45) is 1.10. The first-order valence-electron chi connectivity index (χ1n) is 5.11. The number of carbonyl (C=O) groups excluding carboxylic acids is 2. The number of hydrogen-bond donors (Lipinski definition) is 2. The molecule has 96 valence electrons. The van der Waals surface area contributed by atoms with Crippen molar-refractivity contribution >= 4 is 17.8 Å². The zero-order valence-corrected chi connectivity index (χ0v) is 10.0. The van der Waals surface area contributed by atoms with Crippen molar-refractivity contribution in [2.75, 3.05) is 20.6 Å². The fraction of sp³-hybridized carbons (Fsp3) is 0.273. The summed E-state index contributed by atoms with van der Waals surface area (Å²) < 4.78 is 0. The average Bonchev–Trinajstić information content (AvgIpc) is 2.37. The van der Waals surface area contributed by atoms with Crippen molar-refractivity contribution in [3.8, 4) is 0 Å². The maximum Gasteiger partial charge on any atom is 0.337 e. The van der Waals surface area contributed by atoms with Crippen LogP contribution in [-0.4, -0.2) is 53.4 Å². The second-order valence-electron chi connectivity index (χ2n) is 3.57. The summed E-state index contributed by atoms with van der Waals surface area (Å²) in [6, 6.07) is 2.60. The number of carboxylic acids is 1. The Morgan fingerprint density at radius 1 is 1.39 bits per heavy atom. The lowest BCUT2D eigenvalue weighted by atomic mass is 10.2. The molecular formula is C11H13N3O4. The molecule has 0 aliphatic carbocycles. The number of aromatic carboxylic acids is 1. The van der Waals surface area contributed by atoms with Crippen molar-refractivity contribution in [1.29, 1.82) is 0 Å². The Balaban J connectivity index is 2.77. The third kappa shape index (κ3) is 3.27. The van der Waals surface area contributed by atoms with Crippen LogP contribution in [0.15, 0.2) is 18.3 Å². The maximum absolute atomic E-state index is 11.8. The topological polar surface area (TPSA) is 99.6 Å². The quantitative estimate of drug-likeness (QED) is 0.758. The molecule has 7 nitrogen and oxygen atoms in total. The van der Waals surface area contributed by atoms with Crippen LogP contribution in [0.4, 0.5) is 0 Å². The van der Waals surface area contributed by atoms with E-state index in [1.165, 1.54) is 31.1 Å². The molecule has 0 fully saturated rings. The number of nitrogens with zero attached hydrogens (tertiary/aromatic N) is 2. The molecule has 0 bridgehead atoms. The minimum absolute atomic E-state index is 0.000467. The Morgan fingerprint density at radius 3 is 2.50 bits per heavy atom. The van der Waals surface area contributed by atoms with Gasteiger partial charge < -0.3 is 15.3 Å². The van der Waals surface area contributed by atoms with Gasteiger partial charge in [0.1, 0.15) is 5.69 Å². The third-order valence-corrected chi connectivity index (χ3v) is 2.24. The largest absolute Gasteiger partial charge is 0.478 e. The Bertz CT molecular complexity index is 470. The van der Waals surface area contributed by atoms with Gasteiger partial charge in [-0.05, 0) is 12.1 Å². The normalized spacial score (nSPS) is 9.67. The highest BCUT2D eigenvalue weighted by molar-refractivity contribution is 5.95. The monoisotopic (exact) mass is 251 g/mol. The van der Waals surface area contributed by atoms with Gasteiger partial charge >= 0.3 is 5.97 Å². The van der Waals surface area contributed by atoms with E-state index in [1.54, 1.807) is 0 Å². The van der Waals surface area contributed by atoms with E-state index in [-0.39, 0.29) is 23.7 Å². The fourth-order valence-electron chi connectivity index (χ4n) is 1.21. The van der Waals surface area contributed by atoms with Crippen LogP contribution in [-0.2, 0) is 4.79 Å². The molecule has 18 heavy (non-hydrogen) atoms. The van der Waals surface area contributed by atoms with E-state index in [0.717, 1.165) is 6.20 Å². The van der Waals surface area contributed by atoms with Crippen molar-refractivity contribution < 1.29 is 19.5 Å². The summed E-state index contributed by atoms with van der Waals surface area (Å²) in [5.74, 6) is -1.86. The van der Waals surface area contributed by atoms with Crippen LogP contribution in [0.2, 0.25) is 0 Å². The third-order valence-electron chi connectivity index (χ3n) is 2.24. The molecule has 0 spiro atoms. The molecule has 0 aliphatic rings. The highest BCUT2D eigenvalue weighted by Gasteiger charge is 2.16. The number of pyridine rings is 1. The van der Waals surface area contributed by atoms with Crippen LogP contribution < -0.4 is 5.32 Å². The highest BCUT2D eigenvalue weighted by Crippen LogP contribution is 2.03. The van der Waals surface area contributed by atoms with E-state index in [0.29, 0.717) is 0 Å². The SMILES string of the molecule is CNC(=O)CN(C)C(=O)c1ccc(C(=O)O)cn1. The Labute approximate surface area is 103 Å². The van der Waals surface area contributed by atoms with Crippen molar-refractivity contribution in [1.82, 2.24) is 15.2 Å². The molecule has 7 heteroatoms. The van der Waals surface area contributed by atoms with E-state index in [2.05, 4.69) is 10.3 Å². The molecule has 0 radical (unpaired) electrons. The molecule has 0 unspecified atom stereocenters. The molecule has 0 atom stereocenters. The lowest BCUT2D eigenvalue weighted by Gasteiger charge is -2.15. The van der Waals surface area contributed by atoms with Gasteiger partial charge in [0.25, 0.3) is 5.91 Å². The second-order valence-corrected chi connectivity index (χ2v) is 3.57. The highest BCUT2D eigenvalue weighted by atomic mass is 16.4. The van der Waals surface area contributed by atoms with Crippen LogP contribution in [0, 0.1) is 0 Å². The average molecular weight is 251 g/mol. The van der Waals surface area contributed by atoms with E-state index < -0.39 is 11.9 Å². The predicted molar refractivity (Wildman–Crippen MR) is 62.2 cm³/mol. The van der Waals surface area contributed by atoms with E-state index in [4.69, 9.17) is 5.11 Å². The van der Waals surface area contributed by atoms with Gasteiger partial charge in [0.15, 0.2) is 0 Å². The Hall–Kier alpha value is -2.44. The van der Waals surface area contributed by atoms with Gasteiger partial charge in [-0.15, -0.1) is 0 Å². The number of hydrogen-bond acceptors (Lipinski definition) is 4. The van der Waals surface area contributed by atoms with Crippen LogP contribution >= 0.6 is 0 Å². The summed E-state index contributed by atoms with van der Waals surface area (Å²) in [4.78, 5) is 38.5. The smallest absolute Gasteiger partial charge is 0.337 e. The van der Waals surface area contributed by atoms with Crippen LogP contribution in [0.3, 0.4) is 0 Å². The molecule has 0 aliphatic heterocycles. The lowest BCUT2D eigenvalue weighted by molar-refractivity contribution is -0.121. The standard InChI is InChI=1S/C11H13N3O4/c1-12-9(15)6-14(2)10(16)8-4-3-7(5-13-8)11(17)18/h3-5H,6H2,1-2H3,(H,12,15)(H,17,18). The zero-order valence-electron chi connectivity index (χ0n) is 10.0. The summed E-state index contributed by atoms with van der Waals surface area (Å²) in [5.41, 5.74) is 0.0897. The number of amides is 2. The molecule has 1 rings (SSSR count). The van der Waals surface area contributed by atoms with Crippen molar-refractivity contribution in [2.45, 2.75) is 0 Å². The number of aromatic nitrogens is 1. The number of rotatable bonds is 4. The maximum atomic E-state index is 11.8. The van der Waals surface area contributed by atoms with Gasteiger partial charge in [-0.1, -0.05) is 0 Å². The number of nitrogens with one attached hydrogen (secondary N) is 1. The minimum Gasteiger partial charge on any atom is -0.478 e. The van der Waals surface area contributed by atoms with Gasteiger partial charge in [-0.3, -0.25) is 14.6 Å². The van der Waals surface area contributed by atoms with Gasteiger partial charge in [0, 0.05) is 20.3 Å². The van der Waals surface area contributed by atoms with E-state index in [9.17, 15) is 14.4 Å². The predicted octanol–water partition coefficient (Wildman–Crippen LogP) is -0.402. The fourth-order valence-corrected chi connectivity index (χ4v) is 1.21. The molecule has 2 amide bonds. The van der Waals surface area contributed by atoms with Gasteiger partial charge in [-0.25, -0.2) is 4.79 Å². The summed E-state index contributed by atoms with van der Waals surface area (Å²) in [7, 11) is 2.94. The summed E-state index contributed by atoms with van der Waals surface area (Å²) in [6.45, 7) is -0.0856. The Kier molecular flexibility index (Phi) is 4.36. The van der Waals surface area contributed by atoms with Gasteiger partial charge in [-0.2, -0.15) is 0 Å². The molecule has 0 saturated heterocycles. The number of carboxylic acid groups (broad SMARTS) is 1. The second kappa shape index (κ2) is 5.76.